The van der Waals surface area contributed by atoms with Gasteiger partial charge in [0, 0.05) is 4.90 Å². The summed E-state index contributed by atoms with van der Waals surface area (Å²) in [5.74, 6) is 0.231. The number of epoxide rings is 1. The number of hydrogen-bond acceptors (Lipinski definition) is 2. The van der Waals surface area contributed by atoms with Crippen molar-refractivity contribution in [1.82, 2.24) is 0 Å². The van der Waals surface area contributed by atoms with Crippen LogP contribution in [0.3, 0.4) is 0 Å². The summed E-state index contributed by atoms with van der Waals surface area (Å²) in [5.41, 5.74) is 0.283. The molecule has 1 aromatic rings. The lowest BCUT2D eigenvalue weighted by molar-refractivity contribution is 0.170. The zero-order valence-corrected chi connectivity index (χ0v) is 11.9. The average Bonchev–Trinajstić information content (AvgIpc) is 3.17. The van der Waals surface area contributed by atoms with Gasteiger partial charge >= 0.3 is 0 Å². The minimum atomic E-state index is -1.22. The molecule has 0 amide bonds. The molecule has 0 spiro atoms. The highest BCUT2D eigenvalue weighted by Crippen LogP contribution is 2.37. The monoisotopic (exact) mass is 282 g/mol. The number of benzene rings is 1. The fraction of sp³-hybridized carbons (Fsp3) is 0.467. The third kappa shape index (κ3) is 3.51. The first-order chi connectivity index (χ1) is 9.07. The molecule has 1 saturated heterocycles. The second-order valence-electron chi connectivity index (χ2n) is 4.99. The molecule has 3 atom stereocenters. The standard InChI is InChI=1S/C15H19FO2S/c1-3-4-5-14(16)15(10-18-15)11-19(17)13-8-6-12(2)7-9-13/h3,6-9,14H,1,4-5,10-11H2,2H3/t14-,15-,19?/m1/s1. The number of hydrogen-bond donors (Lipinski definition) is 0. The first-order valence-electron chi connectivity index (χ1n) is 6.41. The first kappa shape index (κ1) is 14.4. The van der Waals surface area contributed by atoms with Gasteiger partial charge in [0.25, 0.3) is 0 Å². The van der Waals surface area contributed by atoms with Gasteiger partial charge in [0.1, 0.15) is 11.8 Å². The summed E-state index contributed by atoms with van der Waals surface area (Å²) >= 11 is 0. The van der Waals surface area contributed by atoms with E-state index < -0.39 is 22.6 Å². The molecule has 0 aromatic heterocycles. The van der Waals surface area contributed by atoms with Crippen LogP contribution in [0.4, 0.5) is 4.39 Å². The van der Waals surface area contributed by atoms with Crippen LogP contribution in [-0.4, -0.2) is 28.3 Å². The Morgan fingerprint density at radius 1 is 1.53 bits per heavy atom. The summed E-state index contributed by atoms with van der Waals surface area (Å²) in [7, 11) is -1.22. The molecule has 2 rings (SSSR count). The molecule has 2 nitrogen and oxygen atoms in total. The van der Waals surface area contributed by atoms with E-state index >= 15 is 0 Å². The first-order valence-corrected chi connectivity index (χ1v) is 7.73. The Morgan fingerprint density at radius 2 is 2.16 bits per heavy atom. The van der Waals surface area contributed by atoms with Crippen molar-refractivity contribution in [2.45, 2.75) is 36.4 Å². The maximum atomic E-state index is 14.1. The van der Waals surface area contributed by atoms with Gasteiger partial charge in [-0.1, -0.05) is 23.8 Å². The van der Waals surface area contributed by atoms with Crippen molar-refractivity contribution in [2.75, 3.05) is 12.4 Å². The van der Waals surface area contributed by atoms with Crippen molar-refractivity contribution >= 4 is 10.8 Å². The molecule has 1 fully saturated rings. The quantitative estimate of drug-likeness (QED) is 0.568. The van der Waals surface area contributed by atoms with E-state index in [0.717, 1.165) is 10.5 Å². The fourth-order valence-electron chi connectivity index (χ4n) is 1.97. The lowest BCUT2D eigenvalue weighted by Crippen LogP contribution is -2.32. The van der Waals surface area contributed by atoms with Crippen LogP contribution in [0.1, 0.15) is 18.4 Å². The maximum absolute atomic E-state index is 14.1. The van der Waals surface area contributed by atoms with Gasteiger partial charge in [-0.05, 0) is 31.9 Å². The number of alkyl halides is 1. The zero-order chi connectivity index (χ0) is 13.9. The molecule has 4 heteroatoms. The van der Waals surface area contributed by atoms with E-state index in [1.54, 1.807) is 6.08 Å². The lowest BCUT2D eigenvalue weighted by Gasteiger charge is -2.16. The number of rotatable bonds is 7. The van der Waals surface area contributed by atoms with Gasteiger partial charge in [0.2, 0.25) is 0 Å². The Morgan fingerprint density at radius 3 is 2.68 bits per heavy atom. The third-order valence-corrected chi connectivity index (χ3v) is 4.92. The van der Waals surface area contributed by atoms with Crippen LogP contribution in [0.25, 0.3) is 0 Å². The van der Waals surface area contributed by atoms with Gasteiger partial charge in [-0.25, -0.2) is 4.39 Å². The number of aryl methyl sites for hydroxylation is 1. The second-order valence-corrected chi connectivity index (χ2v) is 6.44. The molecule has 1 aliphatic rings. The Hall–Kier alpha value is -1.00. The van der Waals surface area contributed by atoms with Crippen molar-refractivity contribution in [3.63, 3.8) is 0 Å². The summed E-state index contributed by atoms with van der Waals surface area (Å²) in [6, 6.07) is 7.49. The van der Waals surface area contributed by atoms with E-state index in [2.05, 4.69) is 6.58 Å². The van der Waals surface area contributed by atoms with Crippen LogP contribution in [-0.2, 0) is 15.5 Å². The summed E-state index contributed by atoms with van der Waals surface area (Å²) in [5, 5.41) is 0. The van der Waals surface area contributed by atoms with Gasteiger partial charge in [-0.2, -0.15) is 0 Å². The van der Waals surface area contributed by atoms with Crippen LogP contribution in [0.2, 0.25) is 0 Å². The molecule has 104 valence electrons. The minimum absolute atomic E-state index is 0.231. The van der Waals surface area contributed by atoms with Gasteiger partial charge in [-0.3, -0.25) is 4.21 Å². The second kappa shape index (κ2) is 5.97. The van der Waals surface area contributed by atoms with E-state index in [1.807, 2.05) is 31.2 Å². The Kier molecular flexibility index (Phi) is 4.53. The summed E-state index contributed by atoms with van der Waals surface area (Å²) in [6.45, 7) is 5.93. The Bertz CT molecular complexity index is 466. The van der Waals surface area contributed by atoms with Crippen molar-refractivity contribution in [2.24, 2.45) is 0 Å². The molecule has 0 bridgehead atoms. The van der Waals surface area contributed by atoms with Crippen LogP contribution in [0, 0.1) is 6.92 Å². The van der Waals surface area contributed by atoms with Crippen molar-refractivity contribution in [1.29, 1.82) is 0 Å². The molecule has 1 unspecified atom stereocenters. The van der Waals surface area contributed by atoms with Crippen molar-refractivity contribution < 1.29 is 13.3 Å². The maximum Gasteiger partial charge on any atom is 0.134 e. The molecular weight excluding hydrogens is 263 g/mol. The highest BCUT2D eigenvalue weighted by molar-refractivity contribution is 7.85. The number of ether oxygens (including phenoxy) is 1. The molecule has 1 heterocycles. The van der Waals surface area contributed by atoms with Gasteiger partial charge < -0.3 is 4.74 Å². The lowest BCUT2D eigenvalue weighted by atomic mass is 10.0. The molecule has 0 N–H and O–H groups in total. The van der Waals surface area contributed by atoms with Crippen LogP contribution >= 0.6 is 0 Å². The topological polar surface area (TPSA) is 29.6 Å². The van der Waals surface area contributed by atoms with E-state index in [0.29, 0.717) is 19.4 Å². The molecule has 19 heavy (non-hydrogen) atoms. The normalized spacial score (nSPS) is 24.7. The summed E-state index contributed by atoms with van der Waals surface area (Å²) in [6.07, 6.45) is 1.62. The van der Waals surface area contributed by atoms with Crippen molar-refractivity contribution in [3.8, 4) is 0 Å². The molecule has 0 saturated carbocycles. The molecule has 1 aromatic carbocycles. The summed E-state index contributed by atoms with van der Waals surface area (Å²) < 4.78 is 31.6. The average molecular weight is 282 g/mol. The molecule has 1 aliphatic heterocycles. The molecule has 0 aliphatic carbocycles. The van der Waals surface area contributed by atoms with Crippen LogP contribution < -0.4 is 0 Å². The van der Waals surface area contributed by atoms with Crippen LogP contribution in [0.5, 0.6) is 0 Å². The fourth-order valence-corrected chi connectivity index (χ4v) is 3.37. The van der Waals surface area contributed by atoms with E-state index in [-0.39, 0.29) is 5.75 Å². The van der Waals surface area contributed by atoms with Gasteiger partial charge in [0.05, 0.1) is 23.2 Å². The van der Waals surface area contributed by atoms with Crippen LogP contribution in [0.15, 0.2) is 41.8 Å². The highest BCUT2D eigenvalue weighted by Gasteiger charge is 2.53. The Balaban J connectivity index is 1.98. The van der Waals surface area contributed by atoms with E-state index in [9.17, 15) is 8.60 Å². The predicted octanol–water partition coefficient (Wildman–Crippen LogP) is 3.18. The molecule has 0 radical (unpaired) electrons. The largest absolute Gasteiger partial charge is 0.365 e. The highest BCUT2D eigenvalue weighted by atomic mass is 32.2. The van der Waals surface area contributed by atoms with Crippen molar-refractivity contribution in [3.05, 3.63) is 42.5 Å². The zero-order valence-electron chi connectivity index (χ0n) is 11.1. The summed E-state index contributed by atoms with van der Waals surface area (Å²) in [4.78, 5) is 0.733. The number of halogens is 1. The van der Waals surface area contributed by atoms with Gasteiger partial charge in [0.15, 0.2) is 0 Å². The molecular formula is C15H19FO2S. The van der Waals surface area contributed by atoms with Gasteiger partial charge in [-0.15, -0.1) is 6.58 Å². The number of allylic oxidation sites excluding steroid dienone is 1. The van der Waals surface area contributed by atoms with E-state index in [1.165, 1.54) is 0 Å². The Labute approximate surface area is 116 Å². The van der Waals surface area contributed by atoms with E-state index in [4.69, 9.17) is 4.74 Å². The smallest absolute Gasteiger partial charge is 0.134 e. The predicted molar refractivity (Wildman–Crippen MR) is 75.5 cm³/mol. The third-order valence-electron chi connectivity index (χ3n) is 3.37. The minimum Gasteiger partial charge on any atom is -0.365 e. The SMILES string of the molecule is C=CCC[C@@H](F)[C@]1(CS(=O)c2ccc(C)cc2)CO1.